The summed E-state index contributed by atoms with van der Waals surface area (Å²) < 4.78 is 13.0. The van der Waals surface area contributed by atoms with Gasteiger partial charge in [-0.25, -0.2) is 14.5 Å². The summed E-state index contributed by atoms with van der Waals surface area (Å²) in [4.78, 5) is 14.1. The van der Waals surface area contributed by atoms with Crippen molar-refractivity contribution < 1.29 is 9.47 Å². The third kappa shape index (κ3) is 4.62. The molecule has 0 spiro atoms. The Morgan fingerprint density at radius 1 is 1.02 bits per heavy atom. The molecule has 2 bridgehead atoms. The van der Waals surface area contributed by atoms with E-state index in [-0.39, 0.29) is 5.92 Å². The zero-order valence-corrected chi connectivity index (χ0v) is 22.6. The first kappa shape index (κ1) is 25.1. The quantitative estimate of drug-likeness (QED) is 0.325. The average Bonchev–Trinajstić information content (AvgIpc) is 3.42. The molecule has 8 rings (SSSR count). The van der Waals surface area contributed by atoms with Gasteiger partial charge in [0.15, 0.2) is 0 Å². The van der Waals surface area contributed by atoms with Crippen LogP contribution in [0.5, 0.6) is 11.6 Å². The lowest BCUT2D eigenvalue weighted by molar-refractivity contribution is -0.00876. The molecule has 0 aromatic carbocycles. The first-order chi connectivity index (χ1) is 20.1. The van der Waals surface area contributed by atoms with Gasteiger partial charge in [0.2, 0.25) is 5.88 Å². The molecule has 1 aliphatic carbocycles. The van der Waals surface area contributed by atoms with E-state index in [1.54, 1.807) is 24.0 Å². The molecule has 7 heterocycles. The van der Waals surface area contributed by atoms with Gasteiger partial charge in [-0.3, -0.25) is 4.90 Å². The Bertz CT molecular complexity index is 1700. The number of piperazine rings is 1. The van der Waals surface area contributed by atoms with Gasteiger partial charge in [0.05, 0.1) is 43.3 Å². The highest BCUT2D eigenvalue weighted by molar-refractivity contribution is 5.85. The molecule has 4 aromatic rings. The third-order valence-corrected chi connectivity index (χ3v) is 8.33. The monoisotopic (exact) mass is 544 g/mol. The molecule has 0 N–H and O–H groups in total. The summed E-state index contributed by atoms with van der Waals surface area (Å²) in [6.45, 7) is 3.25. The molecule has 0 saturated carbocycles. The number of ether oxygens (including phenoxy) is 2. The minimum absolute atomic E-state index is 0.233. The van der Waals surface area contributed by atoms with E-state index in [4.69, 9.17) is 19.7 Å². The summed E-state index contributed by atoms with van der Waals surface area (Å²) in [6.07, 6.45) is 11.0. The lowest BCUT2D eigenvalue weighted by Gasteiger charge is -2.56. The normalized spacial score (nSPS) is 21.3. The number of pyridine rings is 3. The molecule has 10 nitrogen and oxygen atoms in total. The zero-order chi connectivity index (χ0) is 27.9. The number of allylic oxidation sites excluding steroid dienone is 1. The molecule has 3 unspecified atom stereocenters. The maximum atomic E-state index is 9.71. The number of fused-ring (bicyclic) bond motifs is 3. The van der Waals surface area contributed by atoms with Crippen molar-refractivity contribution in [3.63, 3.8) is 0 Å². The minimum atomic E-state index is 0.233. The highest BCUT2D eigenvalue weighted by atomic mass is 16.5. The Hall–Kier alpha value is -4.93. The van der Waals surface area contributed by atoms with Crippen molar-refractivity contribution in [1.82, 2.24) is 24.5 Å². The highest BCUT2D eigenvalue weighted by Crippen LogP contribution is 2.37. The van der Waals surface area contributed by atoms with Gasteiger partial charge in [0, 0.05) is 72.8 Å². The number of aromatic nitrogens is 4. The predicted molar refractivity (Wildman–Crippen MR) is 151 cm³/mol. The molecule has 41 heavy (non-hydrogen) atoms. The Morgan fingerprint density at radius 2 is 1.88 bits per heavy atom. The van der Waals surface area contributed by atoms with E-state index < -0.39 is 0 Å². The predicted octanol–water partition coefficient (Wildman–Crippen LogP) is 3.98. The minimum Gasteiger partial charge on any atom is -0.491 e. The fraction of sp³-hybridized carbons (Fsp3) is 0.323. The van der Waals surface area contributed by atoms with E-state index >= 15 is 0 Å². The van der Waals surface area contributed by atoms with Crippen LogP contribution < -0.4 is 14.4 Å². The molecular formula is C31H28N8O2. The molecule has 0 amide bonds. The molecule has 3 fully saturated rings. The molecule has 10 heteroatoms. The van der Waals surface area contributed by atoms with E-state index in [0.717, 1.165) is 54.1 Å². The summed E-state index contributed by atoms with van der Waals surface area (Å²) in [5, 5.41) is 23.1. The van der Waals surface area contributed by atoms with Crippen molar-refractivity contribution in [1.29, 1.82) is 10.5 Å². The summed E-state index contributed by atoms with van der Waals surface area (Å²) in [5.74, 6) is 2.48. The van der Waals surface area contributed by atoms with Crippen LogP contribution in [0.1, 0.15) is 24.0 Å². The molecule has 3 aliphatic heterocycles. The van der Waals surface area contributed by atoms with Gasteiger partial charge < -0.3 is 14.4 Å². The summed E-state index contributed by atoms with van der Waals surface area (Å²) in [6, 6.07) is 15.5. The van der Waals surface area contributed by atoms with Gasteiger partial charge in [-0.15, -0.1) is 0 Å². The molecule has 204 valence electrons. The second-order valence-corrected chi connectivity index (χ2v) is 10.9. The fourth-order valence-corrected chi connectivity index (χ4v) is 6.11. The largest absolute Gasteiger partial charge is 0.491 e. The van der Waals surface area contributed by atoms with Crippen LogP contribution in [0.3, 0.4) is 0 Å². The van der Waals surface area contributed by atoms with E-state index in [1.807, 2.05) is 30.6 Å². The highest BCUT2D eigenvalue weighted by Gasteiger charge is 2.44. The topological polar surface area (TPSA) is 116 Å². The fourth-order valence-electron chi connectivity index (χ4n) is 6.11. The molecule has 4 aliphatic rings. The standard InChI is InChI=1S/C31H28N8O2/c1-40-30-5-2-20(12-35-30)15-38-25-8-26(38)17-37(16-25)29-4-3-23(13-34-29)28-9-27(41-19-22-6-21(7-22)10-32)18-39-31(28)24(11-33)14-36-39/h2-6,9,12-14,18,22,25-26H,7-8,15-17,19H2,1H3. The Labute approximate surface area is 237 Å². The number of nitriles is 2. The average molecular weight is 545 g/mol. The number of rotatable bonds is 8. The second-order valence-electron chi connectivity index (χ2n) is 10.9. The van der Waals surface area contributed by atoms with Crippen molar-refractivity contribution >= 4 is 11.3 Å². The Balaban J connectivity index is 1.07. The lowest BCUT2D eigenvalue weighted by atomic mass is 9.87. The summed E-state index contributed by atoms with van der Waals surface area (Å²) in [5.41, 5.74) is 4.97. The smallest absolute Gasteiger partial charge is 0.212 e. The third-order valence-electron chi connectivity index (χ3n) is 8.33. The molecular weight excluding hydrogens is 516 g/mol. The van der Waals surface area contributed by atoms with Crippen molar-refractivity contribution in [2.24, 2.45) is 5.92 Å². The summed E-state index contributed by atoms with van der Waals surface area (Å²) in [7, 11) is 1.63. The number of hydrogen-bond donors (Lipinski definition) is 0. The van der Waals surface area contributed by atoms with Gasteiger partial charge in [-0.2, -0.15) is 15.6 Å². The van der Waals surface area contributed by atoms with Crippen LogP contribution in [-0.4, -0.2) is 63.4 Å². The number of methoxy groups -OCH3 is 1. The molecule has 3 atom stereocenters. The number of piperidine rings is 1. The van der Waals surface area contributed by atoms with Crippen LogP contribution in [0.25, 0.3) is 16.6 Å². The first-order valence-electron chi connectivity index (χ1n) is 13.7. The van der Waals surface area contributed by atoms with Crippen molar-refractivity contribution in [3.05, 3.63) is 77.9 Å². The van der Waals surface area contributed by atoms with Gasteiger partial charge >= 0.3 is 0 Å². The van der Waals surface area contributed by atoms with Crippen LogP contribution >= 0.6 is 0 Å². The maximum absolute atomic E-state index is 9.71. The number of hydrogen-bond acceptors (Lipinski definition) is 9. The zero-order valence-electron chi connectivity index (χ0n) is 22.6. The second kappa shape index (κ2) is 10.2. The Morgan fingerprint density at radius 3 is 2.56 bits per heavy atom. The van der Waals surface area contributed by atoms with Gasteiger partial charge in [-0.1, -0.05) is 12.1 Å². The van der Waals surface area contributed by atoms with Crippen molar-refractivity contribution in [2.45, 2.75) is 31.5 Å². The van der Waals surface area contributed by atoms with E-state index in [9.17, 15) is 5.26 Å². The summed E-state index contributed by atoms with van der Waals surface area (Å²) >= 11 is 0. The van der Waals surface area contributed by atoms with Gasteiger partial charge in [0.1, 0.15) is 17.6 Å². The van der Waals surface area contributed by atoms with Gasteiger partial charge in [0.25, 0.3) is 0 Å². The van der Waals surface area contributed by atoms with Crippen LogP contribution in [0.15, 0.2) is 66.8 Å². The van der Waals surface area contributed by atoms with Crippen LogP contribution in [-0.2, 0) is 6.54 Å². The lowest BCUT2D eigenvalue weighted by Crippen LogP contribution is -2.68. The maximum Gasteiger partial charge on any atom is 0.212 e. The Kier molecular flexibility index (Phi) is 6.26. The molecule has 3 saturated heterocycles. The van der Waals surface area contributed by atoms with Crippen LogP contribution in [0.4, 0.5) is 5.82 Å². The first-order valence-corrected chi connectivity index (χ1v) is 13.7. The van der Waals surface area contributed by atoms with Crippen molar-refractivity contribution in [2.75, 3.05) is 31.7 Å². The van der Waals surface area contributed by atoms with Crippen molar-refractivity contribution in [3.8, 4) is 34.9 Å². The van der Waals surface area contributed by atoms with E-state index in [0.29, 0.717) is 35.9 Å². The number of nitrogens with zero attached hydrogens (tertiary/aromatic N) is 8. The number of anilines is 1. The van der Waals surface area contributed by atoms with E-state index in [2.05, 4.69) is 50.2 Å². The van der Waals surface area contributed by atoms with Crippen LogP contribution in [0.2, 0.25) is 0 Å². The van der Waals surface area contributed by atoms with E-state index in [1.165, 1.54) is 12.0 Å². The van der Waals surface area contributed by atoms with Crippen LogP contribution in [0, 0.1) is 28.6 Å². The van der Waals surface area contributed by atoms with Gasteiger partial charge in [-0.05, 0) is 36.6 Å². The SMILES string of the molecule is COc1ccc(CN2C3CC2CN(c2ccc(-c4cc(OCC5C=C(C#N)C5)cn5ncc(C#N)c45)cn2)C3)cn1. The molecule has 4 aromatic heterocycles. The molecule has 0 radical (unpaired) electrons.